The molecule has 1 aromatic rings. The van der Waals surface area contributed by atoms with Gasteiger partial charge in [0.25, 0.3) is 0 Å². The molecule has 3 heteroatoms. The molecule has 1 N–H and O–H groups in total. The number of hydrogen-bond acceptors (Lipinski definition) is 2. The second kappa shape index (κ2) is 17.4. The van der Waals surface area contributed by atoms with Gasteiger partial charge in [-0.3, -0.25) is 0 Å². The number of hydrogen-bond donors (Lipinski definition) is 1. The van der Waals surface area contributed by atoms with E-state index in [1.807, 2.05) is 24.3 Å². The number of unbranched alkanes of at least 4 members (excludes halogenated alkanes) is 1. The summed E-state index contributed by atoms with van der Waals surface area (Å²) in [6, 6.07) is 7.70. The Morgan fingerprint density at radius 2 is 1.70 bits per heavy atom. The van der Waals surface area contributed by atoms with E-state index in [1.165, 1.54) is 0 Å². The molecule has 0 atom stereocenters. The maximum absolute atomic E-state index is 7.92. The van der Waals surface area contributed by atoms with Gasteiger partial charge in [-0.15, -0.1) is 36.3 Å². The fraction of sp³-hybridized carbons (Fsp3) is 0.412. The van der Waals surface area contributed by atoms with E-state index in [9.17, 15) is 0 Å². The topological polar surface area (TPSA) is 29.5 Å². The molecule has 0 fully saturated rings. The lowest BCUT2D eigenvalue weighted by Crippen LogP contribution is -1.82. The van der Waals surface area contributed by atoms with Crippen LogP contribution in [-0.2, 0) is 5.88 Å². The number of benzene rings is 1. The van der Waals surface area contributed by atoms with Crippen molar-refractivity contribution in [1.82, 2.24) is 0 Å². The van der Waals surface area contributed by atoms with Crippen molar-refractivity contribution in [2.45, 2.75) is 32.1 Å². The largest absolute Gasteiger partial charge is 0.497 e. The maximum Gasteiger partial charge on any atom is 0.118 e. The second-order valence-electron chi connectivity index (χ2n) is 3.61. The van der Waals surface area contributed by atoms with E-state index in [1.54, 1.807) is 7.11 Å². The highest BCUT2D eigenvalue weighted by Crippen LogP contribution is 2.12. The zero-order chi connectivity index (χ0) is 15.6. The van der Waals surface area contributed by atoms with E-state index in [4.69, 9.17) is 34.3 Å². The van der Waals surface area contributed by atoms with Crippen molar-refractivity contribution in [1.29, 1.82) is 0 Å². The monoisotopic (exact) mass is 294 g/mol. The Labute approximate surface area is 128 Å². The van der Waals surface area contributed by atoms with E-state index in [0.29, 0.717) is 12.3 Å². The maximum atomic E-state index is 7.92. The summed E-state index contributed by atoms with van der Waals surface area (Å²) in [5.41, 5.74) is 1.11. The average Bonchev–Trinajstić information content (AvgIpc) is 2.50. The number of rotatable bonds is 4. The van der Waals surface area contributed by atoms with Gasteiger partial charge in [-0.25, -0.2) is 0 Å². The smallest absolute Gasteiger partial charge is 0.118 e. The first-order chi connectivity index (χ1) is 9.69. The zero-order valence-corrected chi connectivity index (χ0v) is 13.0. The van der Waals surface area contributed by atoms with Gasteiger partial charge in [-0.2, -0.15) is 0 Å². The van der Waals surface area contributed by atoms with Crippen molar-refractivity contribution in [2.75, 3.05) is 13.7 Å². The van der Waals surface area contributed by atoms with Crippen LogP contribution in [0.1, 0.15) is 31.7 Å². The second-order valence-corrected chi connectivity index (χ2v) is 3.88. The quantitative estimate of drug-likeness (QED) is 0.675. The number of methoxy groups -OCH3 is 1. The van der Waals surface area contributed by atoms with Gasteiger partial charge in [0.15, 0.2) is 0 Å². The first kappa shape index (κ1) is 20.7. The summed E-state index contributed by atoms with van der Waals surface area (Å²) in [6.07, 6.45) is 12.1. The van der Waals surface area contributed by atoms with Gasteiger partial charge in [-0.1, -0.05) is 19.1 Å². The van der Waals surface area contributed by atoms with Crippen molar-refractivity contribution in [3.05, 3.63) is 29.8 Å². The summed E-state index contributed by atoms with van der Waals surface area (Å²) >= 11 is 5.58. The fourth-order valence-electron chi connectivity index (χ4n) is 0.924. The third kappa shape index (κ3) is 14.5. The Balaban J connectivity index is 0. The van der Waals surface area contributed by atoms with Crippen molar-refractivity contribution in [2.24, 2.45) is 0 Å². The van der Waals surface area contributed by atoms with Crippen LogP contribution < -0.4 is 4.74 Å². The van der Waals surface area contributed by atoms with Gasteiger partial charge in [0.05, 0.1) is 13.7 Å². The summed E-state index contributed by atoms with van der Waals surface area (Å²) < 4.78 is 4.97. The SMILES string of the molecule is C#CCCC.C#CCCO.COc1ccc(CCl)cc1. The Kier molecular flexibility index (Phi) is 18.0. The Morgan fingerprint density at radius 1 is 1.15 bits per heavy atom. The van der Waals surface area contributed by atoms with E-state index in [0.717, 1.165) is 24.2 Å². The molecule has 0 spiro atoms. The highest BCUT2D eigenvalue weighted by molar-refractivity contribution is 6.17. The van der Waals surface area contributed by atoms with Crippen LogP contribution in [0.15, 0.2) is 24.3 Å². The molecular formula is C17H23ClO2. The highest BCUT2D eigenvalue weighted by atomic mass is 35.5. The molecule has 20 heavy (non-hydrogen) atoms. The zero-order valence-electron chi connectivity index (χ0n) is 12.2. The summed E-state index contributed by atoms with van der Waals surface area (Å²) in [5.74, 6) is 6.21. The van der Waals surface area contributed by atoms with Crippen molar-refractivity contribution >= 4 is 11.6 Å². The van der Waals surface area contributed by atoms with Crippen molar-refractivity contribution in [3.8, 4) is 30.4 Å². The van der Waals surface area contributed by atoms with Gasteiger partial charge >= 0.3 is 0 Å². The molecule has 1 rings (SSSR count). The van der Waals surface area contributed by atoms with E-state index < -0.39 is 0 Å². The normalized spacial score (nSPS) is 7.90. The van der Waals surface area contributed by atoms with Crippen molar-refractivity contribution < 1.29 is 9.84 Å². The minimum absolute atomic E-state index is 0.108. The van der Waals surface area contributed by atoms with E-state index in [-0.39, 0.29) is 6.61 Å². The molecule has 0 unspecified atom stereocenters. The van der Waals surface area contributed by atoms with Crippen LogP contribution in [0.3, 0.4) is 0 Å². The van der Waals surface area contributed by atoms with Crippen LogP contribution in [0.5, 0.6) is 5.75 Å². The molecule has 0 aliphatic heterocycles. The Hall–Kier alpha value is -1.61. The van der Waals surface area contributed by atoms with Crippen LogP contribution in [-0.4, -0.2) is 18.8 Å². The van der Waals surface area contributed by atoms with E-state index in [2.05, 4.69) is 18.8 Å². The molecule has 0 amide bonds. The molecule has 2 nitrogen and oxygen atoms in total. The molecule has 0 saturated carbocycles. The van der Waals surface area contributed by atoms with E-state index >= 15 is 0 Å². The molecule has 0 aliphatic carbocycles. The fourth-order valence-corrected chi connectivity index (χ4v) is 1.10. The molecule has 0 aliphatic rings. The summed E-state index contributed by atoms with van der Waals surface area (Å²) in [7, 11) is 1.65. The van der Waals surface area contributed by atoms with Crippen LogP contribution in [0.4, 0.5) is 0 Å². The highest BCUT2D eigenvalue weighted by Gasteiger charge is 1.90. The molecule has 1 aromatic carbocycles. The lowest BCUT2D eigenvalue weighted by molar-refractivity contribution is 0.305. The molecule has 110 valence electrons. The predicted molar refractivity (Wildman–Crippen MR) is 86.8 cm³/mol. The minimum atomic E-state index is 0.108. The molecular weight excluding hydrogens is 272 g/mol. The minimum Gasteiger partial charge on any atom is -0.497 e. The van der Waals surface area contributed by atoms with Crippen LogP contribution in [0.25, 0.3) is 0 Å². The van der Waals surface area contributed by atoms with Crippen molar-refractivity contribution in [3.63, 3.8) is 0 Å². The number of terminal acetylenes is 2. The predicted octanol–water partition coefficient (Wildman–Crippen LogP) is 3.86. The molecule has 0 heterocycles. The first-order valence-corrected chi connectivity index (χ1v) is 6.90. The average molecular weight is 295 g/mol. The molecule has 0 radical (unpaired) electrons. The third-order valence-corrected chi connectivity index (χ3v) is 2.27. The number of aliphatic hydroxyl groups is 1. The van der Waals surface area contributed by atoms with Gasteiger partial charge in [0.1, 0.15) is 5.75 Å². The molecule has 0 saturated heterocycles. The van der Waals surface area contributed by atoms with Crippen LogP contribution >= 0.6 is 11.6 Å². The van der Waals surface area contributed by atoms with Gasteiger partial charge in [0.2, 0.25) is 0 Å². The Morgan fingerprint density at radius 3 is 1.90 bits per heavy atom. The van der Waals surface area contributed by atoms with Gasteiger partial charge in [-0.05, 0) is 24.1 Å². The summed E-state index contributed by atoms with van der Waals surface area (Å²) in [5, 5.41) is 7.92. The van der Waals surface area contributed by atoms with Gasteiger partial charge < -0.3 is 9.84 Å². The Bertz CT molecular complexity index is 346. The van der Waals surface area contributed by atoms with Gasteiger partial charge in [0, 0.05) is 18.7 Å². The summed E-state index contributed by atoms with van der Waals surface area (Å²) in [4.78, 5) is 0. The van der Waals surface area contributed by atoms with Crippen LogP contribution in [0.2, 0.25) is 0 Å². The molecule has 0 aromatic heterocycles. The lowest BCUT2D eigenvalue weighted by atomic mass is 10.2. The van der Waals surface area contributed by atoms with Crippen LogP contribution in [0, 0.1) is 24.7 Å². The summed E-state index contributed by atoms with van der Waals surface area (Å²) in [6.45, 7) is 2.18. The standard InChI is InChI=1S/C8H9ClO.C5H8.C4H6O/c1-10-8-4-2-7(6-9)3-5-8;1-3-5-4-2;1-2-3-4-5/h2-5H,6H2,1H3;1H,4-5H2,2H3;1,5H,3-4H2. The number of alkyl halides is 1. The lowest BCUT2D eigenvalue weighted by Gasteiger charge is -1.98. The first-order valence-electron chi connectivity index (χ1n) is 6.36. The number of aliphatic hydroxyl groups excluding tert-OH is 1. The third-order valence-electron chi connectivity index (χ3n) is 1.96. The number of halogens is 1. The molecule has 0 bridgehead atoms. The number of ether oxygens (including phenoxy) is 1.